The number of hydrogen-bond donors (Lipinski definition) is 2. The van der Waals surface area contributed by atoms with Gasteiger partial charge in [-0.3, -0.25) is 4.79 Å². The molecule has 0 bridgehead atoms. The molecule has 0 saturated heterocycles. The van der Waals surface area contributed by atoms with Gasteiger partial charge in [0, 0.05) is 5.56 Å². The van der Waals surface area contributed by atoms with Gasteiger partial charge in [-0.25, -0.2) is 14.5 Å². The van der Waals surface area contributed by atoms with Gasteiger partial charge in [0.05, 0.1) is 5.69 Å². The van der Waals surface area contributed by atoms with E-state index in [1.807, 2.05) is 6.92 Å². The Labute approximate surface area is 121 Å². The van der Waals surface area contributed by atoms with E-state index < -0.39 is 17.4 Å². The second-order valence-electron chi connectivity index (χ2n) is 5.23. The van der Waals surface area contributed by atoms with Crippen molar-refractivity contribution in [3.8, 4) is 5.69 Å². The highest BCUT2D eigenvalue weighted by Gasteiger charge is 2.29. The number of amides is 1. The number of carboxylic acid groups (broad SMARTS) is 1. The Morgan fingerprint density at radius 1 is 1.33 bits per heavy atom. The van der Waals surface area contributed by atoms with Crippen LogP contribution < -0.4 is 5.32 Å². The summed E-state index contributed by atoms with van der Waals surface area (Å²) in [6.45, 7) is 4.71. The van der Waals surface area contributed by atoms with Crippen molar-refractivity contribution in [3.05, 3.63) is 42.0 Å². The van der Waals surface area contributed by atoms with Crippen molar-refractivity contribution in [3.63, 3.8) is 0 Å². The van der Waals surface area contributed by atoms with Crippen LogP contribution >= 0.6 is 0 Å². The highest BCUT2D eigenvalue weighted by molar-refractivity contribution is 5.97. The number of aromatic nitrogens is 3. The monoisotopic (exact) mass is 288 g/mol. The van der Waals surface area contributed by atoms with Crippen LogP contribution in [0.2, 0.25) is 0 Å². The summed E-state index contributed by atoms with van der Waals surface area (Å²) < 4.78 is 1.60. The molecule has 0 atom stereocenters. The molecule has 1 amide bonds. The van der Waals surface area contributed by atoms with Gasteiger partial charge in [0.1, 0.15) is 18.2 Å². The van der Waals surface area contributed by atoms with Crippen LogP contribution in [0.1, 0.15) is 29.8 Å². The molecular formula is C14H16N4O3. The van der Waals surface area contributed by atoms with E-state index in [1.165, 1.54) is 20.2 Å². The van der Waals surface area contributed by atoms with Crippen LogP contribution in [0.15, 0.2) is 30.9 Å². The fourth-order valence-electron chi connectivity index (χ4n) is 1.80. The molecule has 0 fully saturated rings. The molecule has 1 aromatic heterocycles. The first kappa shape index (κ1) is 14.7. The Kier molecular flexibility index (Phi) is 3.75. The molecule has 0 aliphatic rings. The van der Waals surface area contributed by atoms with Gasteiger partial charge in [-0.05, 0) is 44.5 Å². The maximum atomic E-state index is 12.1. The first-order valence-corrected chi connectivity index (χ1v) is 6.33. The van der Waals surface area contributed by atoms with Crippen LogP contribution in [0, 0.1) is 6.92 Å². The third-order valence-electron chi connectivity index (χ3n) is 3.09. The molecule has 1 heterocycles. The molecule has 7 nitrogen and oxygen atoms in total. The van der Waals surface area contributed by atoms with E-state index >= 15 is 0 Å². The fraction of sp³-hybridized carbons (Fsp3) is 0.286. The minimum atomic E-state index is -1.32. The largest absolute Gasteiger partial charge is 0.480 e. The number of carbonyl (C=O) groups is 2. The molecule has 21 heavy (non-hydrogen) atoms. The molecule has 0 aliphatic carbocycles. The lowest BCUT2D eigenvalue weighted by Gasteiger charge is -2.21. The summed E-state index contributed by atoms with van der Waals surface area (Å²) in [5, 5.41) is 15.5. The third-order valence-corrected chi connectivity index (χ3v) is 3.09. The van der Waals surface area contributed by atoms with E-state index in [-0.39, 0.29) is 0 Å². The van der Waals surface area contributed by atoms with Crippen LogP contribution in [-0.2, 0) is 4.79 Å². The average molecular weight is 288 g/mol. The minimum absolute atomic E-state index is 0.394. The zero-order chi connectivity index (χ0) is 15.6. The van der Waals surface area contributed by atoms with E-state index in [0.717, 1.165) is 11.3 Å². The van der Waals surface area contributed by atoms with E-state index in [4.69, 9.17) is 5.11 Å². The summed E-state index contributed by atoms with van der Waals surface area (Å²) in [5.41, 5.74) is 0.712. The van der Waals surface area contributed by atoms with Crippen LogP contribution in [0.25, 0.3) is 5.69 Å². The van der Waals surface area contributed by atoms with Gasteiger partial charge >= 0.3 is 5.97 Å². The number of aryl methyl sites for hydroxylation is 1. The molecule has 0 aliphatic heterocycles. The zero-order valence-electron chi connectivity index (χ0n) is 12.0. The molecular weight excluding hydrogens is 272 g/mol. The quantitative estimate of drug-likeness (QED) is 0.880. The molecule has 2 N–H and O–H groups in total. The summed E-state index contributed by atoms with van der Waals surface area (Å²) in [7, 11) is 0. The number of carbonyl (C=O) groups excluding carboxylic acids is 1. The first-order chi connectivity index (χ1) is 9.81. The lowest BCUT2D eigenvalue weighted by Crippen LogP contribution is -2.49. The zero-order valence-corrected chi connectivity index (χ0v) is 12.0. The Hall–Kier alpha value is -2.70. The number of hydrogen-bond acceptors (Lipinski definition) is 4. The number of aliphatic carboxylic acids is 1. The van der Waals surface area contributed by atoms with Crippen molar-refractivity contribution in [1.29, 1.82) is 0 Å². The van der Waals surface area contributed by atoms with Crippen molar-refractivity contribution >= 4 is 11.9 Å². The predicted octanol–water partition coefficient (Wildman–Crippen LogP) is 1.17. The maximum absolute atomic E-state index is 12.1. The fourth-order valence-corrected chi connectivity index (χ4v) is 1.80. The maximum Gasteiger partial charge on any atom is 0.328 e. The Morgan fingerprint density at radius 3 is 2.57 bits per heavy atom. The van der Waals surface area contributed by atoms with Crippen LogP contribution in [0.5, 0.6) is 0 Å². The van der Waals surface area contributed by atoms with Crippen LogP contribution in [-0.4, -0.2) is 37.3 Å². The van der Waals surface area contributed by atoms with E-state index in [1.54, 1.807) is 29.2 Å². The average Bonchev–Trinajstić information content (AvgIpc) is 2.91. The molecule has 0 unspecified atom stereocenters. The smallest absolute Gasteiger partial charge is 0.328 e. The molecule has 7 heteroatoms. The van der Waals surface area contributed by atoms with Gasteiger partial charge in [0.25, 0.3) is 5.91 Å². The normalized spacial score (nSPS) is 11.2. The molecule has 0 radical (unpaired) electrons. The Morgan fingerprint density at radius 2 is 2.05 bits per heavy atom. The van der Waals surface area contributed by atoms with E-state index in [9.17, 15) is 9.59 Å². The third kappa shape index (κ3) is 3.07. The van der Waals surface area contributed by atoms with E-state index in [2.05, 4.69) is 15.4 Å². The number of nitrogens with one attached hydrogen (secondary N) is 1. The summed E-state index contributed by atoms with van der Waals surface area (Å²) >= 11 is 0. The van der Waals surface area contributed by atoms with Gasteiger partial charge in [-0.15, -0.1) is 0 Å². The molecule has 2 rings (SSSR count). The second-order valence-corrected chi connectivity index (χ2v) is 5.23. The Balaban J connectivity index is 2.24. The number of nitrogens with zero attached hydrogens (tertiary/aromatic N) is 3. The molecule has 0 saturated carbocycles. The standard InChI is InChI=1S/C14H16N4O3/c1-9-6-10(12(19)17-14(2,3)13(20)21)4-5-11(9)18-8-15-7-16-18/h4-8H,1-3H3,(H,17,19)(H,20,21). The van der Waals surface area contributed by atoms with Crippen molar-refractivity contribution in [1.82, 2.24) is 20.1 Å². The number of benzene rings is 1. The molecule has 0 spiro atoms. The van der Waals surface area contributed by atoms with Crippen molar-refractivity contribution < 1.29 is 14.7 Å². The predicted molar refractivity (Wildman–Crippen MR) is 75.3 cm³/mol. The van der Waals surface area contributed by atoms with Gasteiger partial charge in [0.2, 0.25) is 0 Å². The first-order valence-electron chi connectivity index (χ1n) is 6.33. The topological polar surface area (TPSA) is 97.1 Å². The minimum Gasteiger partial charge on any atom is -0.480 e. The SMILES string of the molecule is Cc1cc(C(=O)NC(C)(C)C(=O)O)ccc1-n1cncn1. The molecule has 110 valence electrons. The van der Waals surface area contributed by atoms with Crippen LogP contribution in [0.4, 0.5) is 0 Å². The van der Waals surface area contributed by atoms with Gasteiger partial charge in [-0.1, -0.05) is 0 Å². The molecule has 2 aromatic rings. The molecule has 1 aromatic carbocycles. The summed E-state index contributed by atoms with van der Waals surface area (Å²) in [5.74, 6) is -1.53. The van der Waals surface area contributed by atoms with Crippen molar-refractivity contribution in [2.75, 3.05) is 0 Å². The second kappa shape index (κ2) is 5.35. The van der Waals surface area contributed by atoms with Crippen LogP contribution in [0.3, 0.4) is 0 Å². The lowest BCUT2D eigenvalue weighted by atomic mass is 10.0. The summed E-state index contributed by atoms with van der Waals surface area (Å²) in [6, 6.07) is 5.05. The highest BCUT2D eigenvalue weighted by atomic mass is 16.4. The summed E-state index contributed by atoms with van der Waals surface area (Å²) in [4.78, 5) is 27.0. The number of carboxylic acids is 1. The summed E-state index contributed by atoms with van der Waals surface area (Å²) in [6.07, 6.45) is 2.99. The van der Waals surface area contributed by atoms with Crippen molar-refractivity contribution in [2.45, 2.75) is 26.3 Å². The highest BCUT2D eigenvalue weighted by Crippen LogP contribution is 2.15. The van der Waals surface area contributed by atoms with Gasteiger partial charge in [-0.2, -0.15) is 5.10 Å². The lowest BCUT2D eigenvalue weighted by molar-refractivity contribution is -0.143. The number of rotatable bonds is 4. The van der Waals surface area contributed by atoms with E-state index in [0.29, 0.717) is 5.56 Å². The van der Waals surface area contributed by atoms with Crippen molar-refractivity contribution in [2.24, 2.45) is 0 Å². The van der Waals surface area contributed by atoms with Gasteiger partial charge < -0.3 is 10.4 Å². The van der Waals surface area contributed by atoms with Gasteiger partial charge in [0.15, 0.2) is 0 Å². The Bertz CT molecular complexity index is 678.